The SMILES string of the molecule is O=C(NC(=S)N1CCNC1=S)c1ccon1. The number of nitrogens with one attached hydrogen (secondary N) is 2. The molecule has 6 nitrogen and oxygen atoms in total. The van der Waals surface area contributed by atoms with E-state index < -0.39 is 5.91 Å². The summed E-state index contributed by atoms with van der Waals surface area (Å²) in [5.41, 5.74) is 0.181. The molecule has 0 aliphatic carbocycles. The Bertz CT molecular complexity index is 431. The van der Waals surface area contributed by atoms with Crippen molar-refractivity contribution in [3.63, 3.8) is 0 Å². The largest absolute Gasteiger partial charge is 0.364 e. The minimum Gasteiger partial charge on any atom is -0.364 e. The van der Waals surface area contributed by atoms with Crippen LogP contribution in [0.3, 0.4) is 0 Å². The first-order valence-electron chi connectivity index (χ1n) is 4.49. The molecule has 0 radical (unpaired) electrons. The highest BCUT2D eigenvalue weighted by atomic mass is 32.1. The highest BCUT2D eigenvalue weighted by Crippen LogP contribution is 2.00. The summed E-state index contributed by atoms with van der Waals surface area (Å²) in [6, 6.07) is 1.46. The van der Waals surface area contributed by atoms with Gasteiger partial charge in [0.15, 0.2) is 15.9 Å². The van der Waals surface area contributed by atoms with E-state index in [9.17, 15) is 4.79 Å². The van der Waals surface area contributed by atoms with Crippen LogP contribution in [-0.2, 0) is 0 Å². The first-order valence-corrected chi connectivity index (χ1v) is 5.31. The van der Waals surface area contributed by atoms with Crippen LogP contribution >= 0.6 is 24.4 Å². The first-order chi connectivity index (χ1) is 7.68. The van der Waals surface area contributed by atoms with Gasteiger partial charge in [0.2, 0.25) is 0 Å². The summed E-state index contributed by atoms with van der Waals surface area (Å²) in [5.74, 6) is -0.409. The van der Waals surface area contributed by atoms with Gasteiger partial charge in [0.05, 0.1) is 0 Å². The Morgan fingerprint density at radius 3 is 3.06 bits per heavy atom. The van der Waals surface area contributed by atoms with Gasteiger partial charge in [-0.2, -0.15) is 0 Å². The molecular formula is C8H8N4O2S2. The zero-order valence-corrected chi connectivity index (χ0v) is 9.73. The Morgan fingerprint density at radius 1 is 1.69 bits per heavy atom. The van der Waals surface area contributed by atoms with Crippen molar-refractivity contribution in [3.8, 4) is 0 Å². The van der Waals surface area contributed by atoms with Crippen LogP contribution in [0.2, 0.25) is 0 Å². The number of thiocarbonyl (C=S) groups is 2. The number of hydrogen-bond donors (Lipinski definition) is 2. The second-order valence-electron chi connectivity index (χ2n) is 3.03. The topological polar surface area (TPSA) is 70.4 Å². The maximum absolute atomic E-state index is 11.6. The third-order valence-corrected chi connectivity index (χ3v) is 2.68. The minimum absolute atomic E-state index is 0.181. The number of rotatable bonds is 1. The number of aromatic nitrogens is 1. The monoisotopic (exact) mass is 256 g/mol. The normalized spacial score (nSPS) is 14.8. The van der Waals surface area contributed by atoms with E-state index in [0.717, 1.165) is 6.54 Å². The van der Waals surface area contributed by atoms with Gasteiger partial charge in [-0.05, 0) is 24.4 Å². The molecule has 1 aromatic rings. The van der Waals surface area contributed by atoms with Crippen molar-refractivity contribution in [2.45, 2.75) is 0 Å². The van der Waals surface area contributed by atoms with Crippen LogP contribution < -0.4 is 10.6 Å². The van der Waals surface area contributed by atoms with Crippen LogP contribution in [0.1, 0.15) is 10.5 Å². The molecule has 1 aliphatic heterocycles. The summed E-state index contributed by atoms with van der Waals surface area (Å²) < 4.78 is 4.56. The lowest BCUT2D eigenvalue weighted by Crippen LogP contribution is -2.44. The molecule has 1 fully saturated rings. The Morgan fingerprint density at radius 2 is 2.50 bits per heavy atom. The molecule has 2 heterocycles. The summed E-state index contributed by atoms with van der Waals surface area (Å²) >= 11 is 10.1. The fraction of sp³-hybridized carbons (Fsp3) is 0.250. The van der Waals surface area contributed by atoms with Crippen molar-refractivity contribution in [1.82, 2.24) is 20.7 Å². The molecule has 84 valence electrons. The van der Waals surface area contributed by atoms with Crippen LogP contribution in [0, 0.1) is 0 Å². The zero-order chi connectivity index (χ0) is 11.5. The molecule has 0 unspecified atom stereocenters. The fourth-order valence-electron chi connectivity index (χ4n) is 1.22. The number of carbonyl (C=O) groups is 1. The van der Waals surface area contributed by atoms with Crippen molar-refractivity contribution in [2.24, 2.45) is 0 Å². The number of carbonyl (C=O) groups excluding carboxylic acids is 1. The van der Waals surface area contributed by atoms with E-state index in [0.29, 0.717) is 11.7 Å². The van der Waals surface area contributed by atoms with E-state index in [-0.39, 0.29) is 10.8 Å². The molecule has 1 amide bonds. The second kappa shape index (κ2) is 4.54. The molecule has 8 heteroatoms. The molecule has 0 aromatic carbocycles. The second-order valence-corrected chi connectivity index (χ2v) is 3.80. The van der Waals surface area contributed by atoms with Gasteiger partial charge in [0, 0.05) is 19.2 Å². The standard InChI is InChI=1S/C8H8N4O2S2/c13-6(5-1-4-14-11-5)10-8(16)12-3-2-9-7(12)15/h1,4H,2-3H2,(H,9,15)(H,10,13,16). The lowest BCUT2D eigenvalue weighted by atomic mass is 10.4. The van der Waals surface area contributed by atoms with Crippen LogP contribution in [0.5, 0.6) is 0 Å². The molecule has 0 spiro atoms. The van der Waals surface area contributed by atoms with Gasteiger partial charge in [-0.3, -0.25) is 15.0 Å². The van der Waals surface area contributed by atoms with Crippen molar-refractivity contribution in [1.29, 1.82) is 0 Å². The van der Waals surface area contributed by atoms with Crippen LogP contribution in [0.25, 0.3) is 0 Å². The van der Waals surface area contributed by atoms with Gasteiger partial charge in [0.1, 0.15) is 6.26 Å². The molecule has 2 N–H and O–H groups in total. The third kappa shape index (κ3) is 2.17. The highest BCUT2D eigenvalue weighted by molar-refractivity contribution is 7.81. The smallest absolute Gasteiger partial charge is 0.279 e. The van der Waals surface area contributed by atoms with Gasteiger partial charge < -0.3 is 9.84 Å². The number of nitrogens with zero attached hydrogens (tertiary/aromatic N) is 2. The molecule has 16 heavy (non-hydrogen) atoms. The first kappa shape index (κ1) is 11.0. The molecule has 1 aliphatic rings. The summed E-state index contributed by atoms with van der Waals surface area (Å²) in [6.45, 7) is 1.37. The quantitative estimate of drug-likeness (QED) is 0.679. The van der Waals surface area contributed by atoms with E-state index >= 15 is 0 Å². The summed E-state index contributed by atoms with van der Waals surface area (Å²) in [7, 11) is 0. The van der Waals surface area contributed by atoms with Gasteiger partial charge in [-0.25, -0.2) is 0 Å². The third-order valence-electron chi connectivity index (χ3n) is 1.99. The van der Waals surface area contributed by atoms with Gasteiger partial charge >= 0.3 is 0 Å². The summed E-state index contributed by atoms with van der Waals surface area (Å²) in [4.78, 5) is 13.2. The van der Waals surface area contributed by atoms with Crippen LogP contribution in [-0.4, -0.2) is 39.3 Å². The summed E-state index contributed by atoms with van der Waals surface area (Å²) in [6.07, 6.45) is 1.32. The molecule has 2 rings (SSSR count). The van der Waals surface area contributed by atoms with E-state index in [1.54, 1.807) is 4.90 Å². The Kier molecular flexibility index (Phi) is 3.11. The predicted octanol–water partition coefficient (Wildman–Crippen LogP) is -0.121. The summed E-state index contributed by atoms with van der Waals surface area (Å²) in [5, 5.41) is 9.75. The number of amides is 1. The van der Waals surface area contributed by atoms with Gasteiger partial charge in [-0.15, -0.1) is 0 Å². The molecule has 0 atom stereocenters. The molecule has 0 saturated carbocycles. The number of hydrogen-bond acceptors (Lipinski definition) is 5. The Hall–Kier alpha value is -1.54. The van der Waals surface area contributed by atoms with E-state index in [4.69, 9.17) is 24.4 Å². The average Bonchev–Trinajstić information content (AvgIpc) is 2.86. The molecular weight excluding hydrogens is 248 g/mol. The fourth-order valence-corrected chi connectivity index (χ4v) is 1.84. The maximum Gasteiger partial charge on any atom is 0.279 e. The molecule has 0 bridgehead atoms. The Labute approximate surface area is 102 Å². The van der Waals surface area contributed by atoms with E-state index in [1.807, 2.05) is 0 Å². The van der Waals surface area contributed by atoms with E-state index in [2.05, 4.69) is 20.3 Å². The zero-order valence-electron chi connectivity index (χ0n) is 8.10. The van der Waals surface area contributed by atoms with Crippen molar-refractivity contribution in [2.75, 3.05) is 13.1 Å². The lowest BCUT2D eigenvalue weighted by molar-refractivity contribution is 0.0966. The van der Waals surface area contributed by atoms with Crippen molar-refractivity contribution in [3.05, 3.63) is 18.0 Å². The molecule has 1 saturated heterocycles. The van der Waals surface area contributed by atoms with Crippen LogP contribution in [0.15, 0.2) is 16.9 Å². The van der Waals surface area contributed by atoms with Gasteiger partial charge in [0.25, 0.3) is 5.91 Å². The van der Waals surface area contributed by atoms with E-state index in [1.165, 1.54) is 12.3 Å². The predicted molar refractivity (Wildman–Crippen MR) is 63.9 cm³/mol. The van der Waals surface area contributed by atoms with Crippen LogP contribution in [0.4, 0.5) is 0 Å². The lowest BCUT2D eigenvalue weighted by Gasteiger charge is -2.17. The average molecular weight is 256 g/mol. The Balaban J connectivity index is 1.97. The van der Waals surface area contributed by atoms with Gasteiger partial charge in [-0.1, -0.05) is 5.16 Å². The van der Waals surface area contributed by atoms with Crippen molar-refractivity contribution < 1.29 is 9.32 Å². The maximum atomic E-state index is 11.6. The minimum atomic E-state index is -0.409. The highest BCUT2D eigenvalue weighted by Gasteiger charge is 2.22. The molecule has 1 aromatic heterocycles. The van der Waals surface area contributed by atoms with Crippen molar-refractivity contribution >= 4 is 40.6 Å².